The maximum Gasteiger partial charge on any atom is 0.335 e. The number of aromatic nitrogens is 3. The Balaban J connectivity index is 2.42. The Bertz CT molecular complexity index is 531. The number of hydrogen-bond acceptors (Lipinski definition) is 3. The second kappa shape index (κ2) is 3.92. The first-order chi connectivity index (χ1) is 7.56. The van der Waals surface area contributed by atoms with Crippen LogP contribution in [-0.4, -0.2) is 25.7 Å². The minimum Gasteiger partial charge on any atom is -0.478 e. The molecule has 16 heavy (non-hydrogen) atoms. The van der Waals surface area contributed by atoms with Gasteiger partial charge in [0.25, 0.3) is 0 Å². The van der Waals surface area contributed by atoms with E-state index in [9.17, 15) is 4.79 Å². The Morgan fingerprint density at radius 2 is 2.31 bits per heavy atom. The lowest BCUT2D eigenvalue weighted by molar-refractivity contribution is 0.0697. The lowest BCUT2D eigenvalue weighted by atomic mass is 10.1. The number of carbonyl (C=O) groups is 1. The summed E-state index contributed by atoms with van der Waals surface area (Å²) in [4.78, 5) is 15.1. The van der Waals surface area contributed by atoms with Gasteiger partial charge >= 0.3 is 5.97 Å². The Morgan fingerprint density at radius 1 is 1.56 bits per heavy atom. The van der Waals surface area contributed by atoms with Crippen LogP contribution in [0.1, 0.15) is 30.0 Å². The van der Waals surface area contributed by atoms with Crippen LogP contribution in [0.15, 0.2) is 18.3 Å². The highest BCUT2D eigenvalue weighted by Crippen LogP contribution is 2.08. The normalized spacial score (nSPS) is 11.2. The minimum absolute atomic E-state index is 0.232. The van der Waals surface area contributed by atoms with Crippen molar-refractivity contribution >= 4 is 11.6 Å². The Hall–Kier alpha value is -1.91. The maximum atomic E-state index is 10.8. The standard InChI is InChI=1S/C11H13N3O2/c1-7(2)5-9-12-10-6-8(11(15)16)3-4-14(10)13-9/h3-4,6-7H,5H2,1-2H3,(H,15,16). The van der Waals surface area contributed by atoms with Crippen molar-refractivity contribution in [2.75, 3.05) is 0 Å². The first kappa shape index (κ1) is 10.6. The molecule has 0 aromatic carbocycles. The molecule has 2 rings (SSSR count). The van der Waals surface area contributed by atoms with Gasteiger partial charge in [0.15, 0.2) is 11.5 Å². The van der Waals surface area contributed by atoms with Crippen molar-refractivity contribution in [2.24, 2.45) is 5.92 Å². The first-order valence-electron chi connectivity index (χ1n) is 5.15. The molecule has 0 unspecified atom stereocenters. The molecule has 1 N–H and O–H groups in total. The summed E-state index contributed by atoms with van der Waals surface area (Å²) in [5, 5.41) is 13.1. The van der Waals surface area contributed by atoms with Gasteiger partial charge in [-0.25, -0.2) is 14.3 Å². The van der Waals surface area contributed by atoms with Crippen molar-refractivity contribution < 1.29 is 9.90 Å². The third-order valence-corrected chi connectivity index (χ3v) is 2.22. The molecule has 2 aromatic heterocycles. The van der Waals surface area contributed by atoms with Gasteiger partial charge in [0.05, 0.1) is 5.56 Å². The van der Waals surface area contributed by atoms with E-state index in [1.165, 1.54) is 12.1 Å². The molecular formula is C11H13N3O2. The molecule has 0 bridgehead atoms. The molecule has 0 saturated carbocycles. The van der Waals surface area contributed by atoms with Gasteiger partial charge in [-0.2, -0.15) is 5.10 Å². The topological polar surface area (TPSA) is 67.5 Å². The monoisotopic (exact) mass is 219 g/mol. The van der Waals surface area contributed by atoms with Crippen molar-refractivity contribution in [1.29, 1.82) is 0 Å². The van der Waals surface area contributed by atoms with Gasteiger partial charge < -0.3 is 5.11 Å². The van der Waals surface area contributed by atoms with Crippen molar-refractivity contribution in [3.8, 4) is 0 Å². The van der Waals surface area contributed by atoms with Crippen molar-refractivity contribution in [3.05, 3.63) is 29.7 Å². The molecule has 0 saturated heterocycles. The number of rotatable bonds is 3. The summed E-state index contributed by atoms with van der Waals surface area (Å²) in [6.07, 6.45) is 2.42. The molecule has 2 aromatic rings. The SMILES string of the molecule is CC(C)Cc1nc2cc(C(=O)O)ccn2n1. The van der Waals surface area contributed by atoms with Crippen molar-refractivity contribution in [2.45, 2.75) is 20.3 Å². The fourth-order valence-corrected chi connectivity index (χ4v) is 1.51. The van der Waals surface area contributed by atoms with Crippen LogP contribution in [0.25, 0.3) is 5.65 Å². The summed E-state index contributed by atoms with van der Waals surface area (Å²) in [7, 11) is 0. The molecule has 0 radical (unpaired) electrons. The van der Waals surface area contributed by atoms with E-state index in [0.717, 1.165) is 12.2 Å². The molecule has 0 fully saturated rings. The molecule has 2 heterocycles. The van der Waals surface area contributed by atoms with E-state index in [0.29, 0.717) is 11.6 Å². The highest BCUT2D eigenvalue weighted by Gasteiger charge is 2.08. The van der Waals surface area contributed by atoms with Crippen LogP contribution in [0.4, 0.5) is 0 Å². The molecule has 0 aliphatic heterocycles. The van der Waals surface area contributed by atoms with Gasteiger partial charge in [0.1, 0.15) is 0 Å². The molecule has 0 spiro atoms. The number of fused-ring (bicyclic) bond motifs is 1. The zero-order valence-electron chi connectivity index (χ0n) is 9.21. The summed E-state index contributed by atoms with van der Waals surface area (Å²) < 4.78 is 1.60. The average Bonchev–Trinajstić information content (AvgIpc) is 2.56. The quantitative estimate of drug-likeness (QED) is 0.851. The third kappa shape index (κ3) is 2.03. The van der Waals surface area contributed by atoms with Crippen LogP contribution in [0, 0.1) is 5.92 Å². The predicted octanol–water partition coefficient (Wildman–Crippen LogP) is 1.63. The number of carboxylic acid groups (broad SMARTS) is 1. The molecule has 5 nitrogen and oxygen atoms in total. The third-order valence-electron chi connectivity index (χ3n) is 2.22. The zero-order chi connectivity index (χ0) is 11.7. The van der Waals surface area contributed by atoms with Gasteiger partial charge in [0.2, 0.25) is 0 Å². The second-order valence-corrected chi connectivity index (χ2v) is 4.15. The van der Waals surface area contributed by atoms with Crippen molar-refractivity contribution in [1.82, 2.24) is 14.6 Å². The van der Waals surface area contributed by atoms with E-state index in [-0.39, 0.29) is 5.56 Å². The number of pyridine rings is 1. The second-order valence-electron chi connectivity index (χ2n) is 4.15. The van der Waals surface area contributed by atoms with E-state index >= 15 is 0 Å². The van der Waals surface area contributed by atoms with E-state index in [1.54, 1.807) is 10.7 Å². The Labute approximate surface area is 92.7 Å². The fraction of sp³-hybridized carbons (Fsp3) is 0.364. The summed E-state index contributed by atoms with van der Waals surface area (Å²) >= 11 is 0. The molecule has 0 aliphatic rings. The fourth-order valence-electron chi connectivity index (χ4n) is 1.51. The van der Waals surface area contributed by atoms with Gasteiger partial charge in [-0.05, 0) is 18.1 Å². The highest BCUT2D eigenvalue weighted by atomic mass is 16.4. The molecule has 0 amide bonds. The van der Waals surface area contributed by atoms with Crippen LogP contribution in [0.2, 0.25) is 0 Å². The van der Waals surface area contributed by atoms with Crippen LogP contribution >= 0.6 is 0 Å². The van der Waals surface area contributed by atoms with E-state index in [1.807, 2.05) is 0 Å². The average molecular weight is 219 g/mol. The van der Waals surface area contributed by atoms with Gasteiger partial charge in [-0.3, -0.25) is 0 Å². The lowest BCUT2D eigenvalue weighted by Crippen LogP contribution is -1.98. The smallest absolute Gasteiger partial charge is 0.335 e. The summed E-state index contributed by atoms with van der Waals surface area (Å²) in [6.45, 7) is 4.18. The van der Waals surface area contributed by atoms with Crippen LogP contribution in [0.3, 0.4) is 0 Å². The first-order valence-corrected chi connectivity index (χ1v) is 5.15. The number of aromatic carboxylic acids is 1. The van der Waals surface area contributed by atoms with Crippen LogP contribution in [-0.2, 0) is 6.42 Å². The van der Waals surface area contributed by atoms with Gasteiger partial charge in [0, 0.05) is 12.6 Å². The number of hydrogen-bond donors (Lipinski definition) is 1. The summed E-state index contributed by atoms with van der Waals surface area (Å²) in [5.41, 5.74) is 0.812. The predicted molar refractivity (Wildman–Crippen MR) is 58.5 cm³/mol. The molecule has 5 heteroatoms. The largest absolute Gasteiger partial charge is 0.478 e. The Morgan fingerprint density at radius 3 is 2.94 bits per heavy atom. The number of carboxylic acids is 1. The Kier molecular flexibility index (Phi) is 2.60. The number of nitrogens with zero attached hydrogens (tertiary/aromatic N) is 3. The van der Waals surface area contributed by atoms with Crippen LogP contribution < -0.4 is 0 Å². The molecule has 0 atom stereocenters. The highest BCUT2D eigenvalue weighted by molar-refractivity contribution is 5.88. The summed E-state index contributed by atoms with van der Waals surface area (Å²) in [5.74, 6) is 0.282. The van der Waals surface area contributed by atoms with Gasteiger partial charge in [-0.1, -0.05) is 13.8 Å². The van der Waals surface area contributed by atoms with E-state index < -0.39 is 5.97 Å². The van der Waals surface area contributed by atoms with Gasteiger partial charge in [-0.15, -0.1) is 0 Å². The maximum absolute atomic E-state index is 10.8. The zero-order valence-corrected chi connectivity index (χ0v) is 9.21. The minimum atomic E-state index is -0.948. The molecule has 84 valence electrons. The van der Waals surface area contributed by atoms with E-state index in [2.05, 4.69) is 23.9 Å². The van der Waals surface area contributed by atoms with Crippen molar-refractivity contribution in [3.63, 3.8) is 0 Å². The summed E-state index contributed by atoms with van der Waals surface area (Å²) in [6, 6.07) is 3.04. The lowest BCUT2D eigenvalue weighted by Gasteiger charge is -1.96. The van der Waals surface area contributed by atoms with Crippen LogP contribution in [0.5, 0.6) is 0 Å². The molecular weight excluding hydrogens is 206 g/mol. The van der Waals surface area contributed by atoms with E-state index in [4.69, 9.17) is 5.11 Å². The molecule has 0 aliphatic carbocycles.